The van der Waals surface area contributed by atoms with Crippen molar-refractivity contribution in [1.29, 1.82) is 0 Å². The number of benzene rings is 1. The van der Waals surface area contributed by atoms with E-state index >= 15 is 0 Å². The minimum Gasteiger partial charge on any atom is -0.475 e. The SMILES string of the molecule is CCN(CC)C(C)Oc1ccccc1. The van der Waals surface area contributed by atoms with E-state index in [0.29, 0.717) is 0 Å². The van der Waals surface area contributed by atoms with E-state index in [2.05, 4.69) is 25.7 Å². The van der Waals surface area contributed by atoms with Gasteiger partial charge >= 0.3 is 0 Å². The molecule has 0 aliphatic rings. The molecule has 1 unspecified atom stereocenters. The van der Waals surface area contributed by atoms with Crippen molar-refractivity contribution in [2.45, 2.75) is 27.0 Å². The number of para-hydroxylation sites is 1. The Hall–Kier alpha value is -1.02. The first-order valence-corrected chi connectivity index (χ1v) is 5.23. The monoisotopic (exact) mass is 193 g/mol. The molecule has 2 nitrogen and oxygen atoms in total. The van der Waals surface area contributed by atoms with Crippen molar-refractivity contribution in [2.24, 2.45) is 0 Å². The summed E-state index contributed by atoms with van der Waals surface area (Å²) in [6, 6.07) is 9.95. The third-order valence-corrected chi connectivity index (χ3v) is 2.38. The molecule has 0 saturated heterocycles. The summed E-state index contributed by atoms with van der Waals surface area (Å²) in [6.07, 6.45) is 0.146. The summed E-state index contributed by atoms with van der Waals surface area (Å²) in [4.78, 5) is 2.27. The topological polar surface area (TPSA) is 12.5 Å². The van der Waals surface area contributed by atoms with Gasteiger partial charge in [0.05, 0.1) is 0 Å². The number of hydrogen-bond acceptors (Lipinski definition) is 2. The van der Waals surface area contributed by atoms with E-state index in [1.165, 1.54) is 0 Å². The van der Waals surface area contributed by atoms with E-state index in [0.717, 1.165) is 18.8 Å². The molecule has 0 heterocycles. The Bertz CT molecular complexity index is 244. The molecule has 0 aliphatic carbocycles. The van der Waals surface area contributed by atoms with Crippen molar-refractivity contribution in [1.82, 2.24) is 4.90 Å². The summed E-state index contributed by atoms with van der Waals surface area (Å²) < 4.78 is 5.78. The zero-order chi connectivity index (χ0) is 10.4. The van der Waals surface area contributed by atoms with Crippen molar-refractivity contribution < 1.29 is 4.74 Å². The van der Waals surface area contributed by atoms with Crippen LogP contribution in [-0.2, 0) is 0 Å². The fraction of sp³-hybridized carbons (Fsp3) is 0.500. The van der Waals surface area contributed by atoms with Crippen LogP contribution in [0.2, 0.25) is 0 Å². The van der Waals surface area contributed by atoms with E-state index in [9.17, 15) is 0 Å². The van der Waals surface area contributed by atoms with E-state index in [1.807, 2.05) is 30.3 Å². The average Bonchev–Trinajstić information content (AvgIpc) is 2.21. The van der Waals surface area contributed by atoms with Crippen LogP contribution >= 0.6 is 0 Å². The predicted molar refractivity (Wildman–Crippen MR) is 59.5 cm³/mol. The maximum Gasteiger partial charge on any atom is 0.149 e. The zero-order valence-electron chi connectivity index (χ0n) is 9.23. The van der Waals surface area contributed by atoms with Crippen molar-refractivity contribution in [2.75, 3.05) is 13.1 Å². The highest BCUT2D eigenvalue weighted by atomic mass is 16.5. The van der Waals surface area contributed by atoms with Crippen LogP contribution in [0.15, 0.2) is 30.3 Å². The largest absolute Gasteiger partial charge is 0.475 e. The van der Waals surface area contributed by atoms with Gasteiger partial charge in [-0.3, -0.25) is 4.90 Å². The second kappa shape index (κ2) is 5.66. The predicted octanol–water partition coefficient (Wildman–Crippen LogP) is 2.75. The second-order valence-corrected chi connectivity index (χ2v) is 3.25. The average molecular weight is 193 g/mol. The zero-order valence-corrected chi connectivity index (χ0v) is 9.23. The number of hydrogen-bond donors (Lipinski definition) is 0. The van der Waals surface area contributed by atoms with Crippen LogP contribution in [0.1, 0.15) is 20.8 Å². The highest BCUT2D eigenvalue weighted by Crippen LogP contribution is 2.12. The summed E-state index contributed by atoms with van der Waals surface area (Å²) in [5.41, 5.74) is 0. The molecule has 0 aromatic heterocycles. The minimum absolute atomic E-state index is 0.146. The maximum atomic E-state index is 5.78. The van der Waals surface area contributed by atoms with E-state index in [1.54, 1.807) is 0 Å². The fourth-order valence-corrected chi connectivity index (χ4v) is 1.51. The number of rotatable bonds is 5. The Balaban J connectivity index is 2.52. The van der Waals surface area contributed by atoms with Gasteiger partial charge in [0.25, 0.3) is 0 Å². The Kier molecular flexibility index (Phi) is 4.47. The van der Waals surface area contributed by atoms with Crippen molar-refractivity contribution in [3.63, 3.8) is 0 Å². The number of ether oxygens (including phenoxy) is 1. The second-order valence-electron chi connectivity index (χ2n) is 3.25. The molecule has 1 atom stereocenters. The Labute approximate surface area is 86.5 Å². The highest BCUT2D eigenvalue weighted by Gasteiger charge is 2.10. The smallest absolute Gasteiger partial charge is 0.149 e. The summed E-state index contributed by atoms with van der Waals surface area (Å²) in [6.45, 7) is 8.41. The molecule has 2 heteroatoms. The van der Waals surface area contributed by atoms with Crippen LogP contribution < -0.4 is 4.74 Å². The van der Waals surface area contributed by atoms with Crippen molar-refractivity contribution in [3.05, 3.63) is 30.3 Å². The van der Waals surface area contributed by atoms with Gasteiger partial charge in [0.15, 0.2) is 0 Å². The first-order chi connectivity index (χ1) is 6.77. The van der Waals surface area contributed by atoms with Gasteiger partial charge in [-0.15, -0.1) is 0 Å². The molecule has 0 N–H and O–H groups in total. The molecular formula is C12H19NO. The third-order valence-electron chi connectivity index (χ3n) is 2.38. The van der Waals surface area contributed by atoms with Gasteiger partial charge in [0.2, 0.25) is 0 Å². The van der Waals surface area contributed by atoms with Gasteiger partial charge in [0.1, 0.15) is 12.0 Å². The van der Waals surface area contributed by atoms with Crippen LogP contribution in [0.5, 0.6) is 5.75 Å². The lowest BCUT2D eigenvalue weighted by Crippen LogP contribution is -2.36. The Morgan fingerprint density at radius 3 is 2.21 bits per heavy atom. The van der Waals surface area contributed by atoms with E-state index < -0.39 is 0 Å². The first kappa shape index (κ1) is 11.1. The molecule has 1 aromatic carbocycles. The molecule has 14 heavy (non-hydrogen) atoms. The quantitative estimate of drug-likeness (QED) is 0.667. The summed E-state index contributed by atoms with van der Waals surface area (Å²) in [5.74, 6) is 0.937. The van der Waals surface area contributed by atoms with Gasteiger partial charge in [-0.25, -0.2) is 0 Å². The van der Waals surface area contributed by atoms with Crippen LogP contribution in [0.4, 0.5) is 0 Å². The summed E-state index contributed by atoms with van der Waals surface area (Å²) >= 11 is 0. The minimum atomic E-state index is 0.146. The lowest BCUT2D eigenvalue weighted by molar-refractivity contribution is 0.0481. The van der Waals surface area contributed by atoms with Crippen molar-refractivity contribution >= 4 is 0 Å². The fourth-order valence-electron chi connectivity index (χ4n) is 1.51. The first-order valence-electron chi connectivity index (χ1n) is 5.23. The van der Waals surface area contributed by atoms with Gasteiger partial charge in [0, 0.05) is 0 Å². The van der Waals surface area contributed by atoms with Gasteiger partial charge in [-0.2, -0.15) is 0 Å². The van der Waals surface area contributed by atoms with E-state index in [4.69, 9.17) is 4.74 Å². The maximum absolute atomic E-state index is 5.78. The standard InChI is InChI=1S/C12H19NO/c1-4-13(5-2)11(3)14-12-9-7-6-8-10-12/h6-11H,4-5H2,1-3H3. The van der Waals surface area contributed by atoms with Gasteiger partial charge in [-0.1, -0.05) is 32.0 Å². The molecular weight excluding hydrogens is 174 g/mol. The lowest BCUT2D eigenvalue weighted by atomic mass is 10.3. The van der Waals surface area contributed by atoms with Gasteiger partial charge < -0.3 is 4.74 Å². The molecule has 78 valence electrons. The van der Waals surface area contributed by atoms with Crippen LogP contribution in [0, 0.1) is 0 Å². The molecule has 0 radical (unpaired) electrons. The summed E-state index contributed by atoms with van der Waals surface area (Å²) in [5, 5.41) is 0. The normalized spacial score (nSPS) is 12.9. The summed E-state index contributed by atoms with van der Waals surface area (Å²) in [7, 11) is 0. The van der Waals surface area contributed by atoms with Crippen LogP contribution in [0.25, 0.3) is 0 Å². The molecule has 0 amide bonds. The lowest BCUT2D eigenvalue weighted by Gasteiger charge is -2.26. The van der Waals surface area contributed by atoms with E-state index in [-0.39, 0.29) is 6.23 Å². The highest BCUT2D eigenvalue weighted by molar-refractivity contribution is 5.21. The Morgan fingerprint density at radius 1 is 1.14 bits per heavy atom. The van der Waals surface area contributed by atoms with Crippen LogP contribution in [0.3, 0.4) is 0 Å². The van der Waals surface area contributed by atoms with Gasteiger partial charge in [-0.05, 0) is 32.1 Å². The van der Waals surface area contributed by atoms with Crippen LogP contribution in [-0.4, -0.2) is 24.2 Å². The molecule has 0 spiro atoms. The molecule has 0 saturated carbocycles. The van der Waals surface area contributed by atoms with Crippen molar-refractivity contribution in [3.8, 4) is 5.75 Å². The third kappa shape index (κ3) is 3.04. The molecule has 0 fully saturated rings. The molecule has 0 bridgehead atoms. The number of nitrogens with zero attached hydrogens (tertiary/aromatic N) is 1. The Morgan fingerprint density at radius 2 is 1.71 bits per heavy atom. The molecule has 1 aromatic rings. The molecule has 1 rings (SSSR count). The molecule has 0 aliphatic heterocycles.